The number of likely N-dealkylation sites (tertiary alicyclic amines) is 1. The Labute approximate surface area is 177 Å². The predicted molar refractivity (Wildman–Crippen MR) is 116 cm³/mol. The molecule has 0 unspecified atom stereocenters. The van der Waals surface area contributed by atoms with Gasteiger partial charge >= 0.3 is 0 Å². The molecule has 5 heteroatoms. The molecule has 2 aromatic carbocycles. The molecule has 0 radical (unpaired) electrons. The number of amides is 1. The van der Waals surface area contributed by atoms with Gasteiger partial charge in [-0.15, -0.1) is 0 Å². The summed E-state index contributed by atoms with van der Waals surface area (Å²) >= 11 is 0. The number of aryl methyl sites for hydroxylation is 1. The number of nitrogens with zero attached hydrogens (tertiary/aromatic N) is 3. The van der Waals surface area contributed by atoms with Crippen LogP contribution in [-0.4, -0.2) is 39.8 Å². The number of hydrogen-bond donors (Lipinski definition) is 0. The Morgan fingerprint density at radius 2 is 1.80 bits per heavy atom. The minimum absolute atomic E-state index is 0.141. The van der Waals surface area contributed by atoms with Crippen molar-refractivity contribution in [2.45, 2.75) is 45.3 Å². The molecule has 3 aromatic rings. The highest BCUT2D eigenvalue weighted by Crippen LogP contribution is 2.28. The van der Waals surface area contributed by atoms with Gasteiger partial charge in [0.25, 0.3) is 0 Å². The minimum atomic E-state index is -0.141. The number of benzene rings is 2. The van der Waals surface area contributed by atoms with E-state index >= 15 is 0 Å². The van der Waals surface area contributed by atoms with E-state index in [1.807, 2.05) is 17.0 Å². The first-order valence-corrected chi connectivity index (χ1v) is 10.8. The first-order valence-electron chi connectivity index (χ1n) is 10.8. The van der Waals surface area contributed by atoms with E-state index in [-0.39, 0.29) is 11.9 Å². The van der Waals surface area contributed by atoms with Gasteiger partial charge in [-0.2, -0.15) is 0 Å². The maximum absolute atomic E-state index is 13.3. The summed E-state index contributed by atoms with van der Waals surface area (Å²) in [5, 5.41) is 0. The topological polar surface area (TPSA) is 49.6 Å². The Morgan fingerprint density at radius 1 is 1.07 bits per heavy atom. The number of aromatic nitrogens is 1. The third-order valence-corrected chi connectivity index (χ3v) is 6.26. The zero-order valence-corrected chi connectivity index (χ0v) is 17.4. The Balaban J connectivity index is 1.39. The lowest BCUT2D eigenvalue weighted by Gasteiger charge is -2.37. The van der Waals surface area contributed by atoms with Crippen molar-refractivity contribution in [3.63, 3.8) is 0 Å². The summed E-state index contributed by atoms with van der Waals surface area (Å²) in [6.07, 6.45) is 4.71. The molecular formula is C25H27N3O2. The van der Waals surface area contributed by atoms with E-state index < -0.39 is 0 Å². The van der Waals surface area contributed by atoms with Crippen molar-refractivity contribution in [3.8, 4) is 11.5 Å². The summed E-state index contributed by atoms with van der Waals surface area (Å²) in [7, 11) is 0. The predicted octanol–water partition coefficient (Wildman–Crippen LogP) is 4.20. The van der Waals surface area contributed by atoms with Gasteiger partial charge in [-0.25, -0.2) is 4.98 Å². The lowest BCUT2D eigenvalue weighted by atomic mass is 9.93. The van der Waals surface area contributed by atoms with Crippen LogP contribution in [0.3, 0.4) is 0 Å². The van der Waals surface area contributed by atoms with Gasteiger partial charge in [-0.3, -0.25) is 9.69 Å². The number of oxazole rings is 1. The molecule has 5 rings (SSSR count). The van der Waals surface area contributed by atoms with Crippen LogP contribution in [0, 0.1) is 6.92 Å². The summed E-state index contributed by atoms with van der Waals surface area (Å²) in [6.45, 7) is 5.19. The normalized spacial score (nSPS) is 19.1. The van der Waals surface area contributed by atoms with Gasteiger partial charge in [-0.05, 0) is 49.4 Å². The molecule has 3 heterocycles. The van der Waals surface area contributed by atoms with Crippen molar-refractivity contribution in [2.24, 2.45) is 0 Å². The summed E-state index contributed by atoms with van der Waals surface area (Å²) in [5.41, 5.74) is 5.63. The number of rotatable bonds is 4. The highest BCUT2D eigenvalue weighted by Gasteiger charge is 2.35. The van der Waals surface area contributed by atoms with E-state index in [1.54, 1.807) is 6.26 Å². The van der Waals surface area contributed by atoms with Crippen LogP contribution in [0.1, 0.15) is 35.2 Å². The molecule has 5 nitrogen and oxygen atoms in total. The molecule has 0 spiro atoms. The molecule has 154 valence electrons. The van der Waals surface area contributed by atoms with Crippen molar-refractivity contribution in [1.82, 2.24) is 14.8 Å². The zero-order valence-electron chi connectivity index (χ0n) is 17.4. The van der Waals surface area contributed by atoms with E-state index in [0.717, 1.165) is 50.2 Å². The lowest BCUT2D eigenvalue weighted by Crippen LogP contribution is -2.50. The molecule has 1 atom stereocenters. The number of fused-ring (bicyclic) bond motifs is 1. The molecule has 0 bridgehead atoms. The third-order valence-electron chi connectivity index (χ3n) is 6.26. The van der Waals surface area contributed by atoms with Crippen LogP contribution in [-0.2, 0) is 24.3 Å². The summed E-state index contributed by atoms with van der Waals surface area (Å²) in [6, 6.07) is 16.5. The van der Waals surface area contributed by atoms with Crippen LogP contribution in [0.15, 0.2) is 59.2 Å². The van der Waals surface area contributed by atoms with Crippen LogP contribution in [0.25, 0.3) is 11.5 Å². The number of carbonyl (C=O) groups excluding carboxylic acids is 1. The largest absolute Gasteiger partial charge is 0.444 e. The van der Waals surface area contributed by atoms with Crippen LogP contribution < -0.4 is 0 Å². The van der Waals surface area contributed by atoms with Gasteiger partial charge in [-0.1, -0.05) is 42.0 Å². The quantitative estimate of drug-likeness (QED) is 0.657. The zero-order chi connectivity index (χ0) is 20.5. The smallest absolute Gasteiger partial charge is 0.240 e. The van der Waals surface area contributed by atoms with Crippen LogP contribution >= 0.6 is 0 Å². The van der Waals surface area contributed by atoms with E-state index in [1.165, 1.54) is 16.7 Å². The highest BCUT2D eigenvalue weighted by atomic mass is 16.3. The van der Waals surface area contributed by atoms with Crippen molar-refractivity contribution in [3.05, 3.63) is 77.2 Å². The van der Waals surface area contributed by atoms with Crippen LogP contribution in [0.4, 0.5) is 0 Å². The molecular weight excluding hydrogens is 374 g/mol. The van der Waals surface area contributed by atoms with Gasteiger partial charge in [0.1, 0.15) is 6.26 Å². The molecule has 2 aliphatic rings. The highest BCUT2D eigenvalue weighted by molar-refractivity contribution is 5.83. The Hall–Kier alpha value is -2.92. The summed E-state index contributed by atoms with van der Waals surface area (Å²) in [4.78, 5) is 22.3. The fourth-order valence-electron chi connectivity index (χ4n) is 4.55. The van der Waals surface area contributed by atoms with E-state index in [9.17, 15) is 4.79 Å². The maximum Gasteiger partial charge on any atom is 0.240 e. The molecule has 1 aromatic heterocycles. The number of carbonyl (C=O) groups is 1. The fraction of sp³-hybridized carbons (Fsp3) is 0.360. The first-order chi connectivity index (χ1) is 14.7. The molecule has 0 N–H and O–H groups in total. The molecule has 0 saturated carbocycles. The average Bonchev–Trinajstić information content (AvgIpc) is 3.46. The molecule has 1 saturated heterocycles. The Morgan fingerprint density at radius 3 is 2.57 bits per heavy atom. The van der Waals surface area contributed by atoms with Crippen LogP contribution in [0.5, 0.6) is 0 Å². The molecule has 2 aliphatic heterocycles. The maximum atomic E-state index is 13.3. The van der Waals surface area contributed by atoms with Gasteiger partial charge in [0.05, 0.1) is 11.7 Å². The van der Waals surface area contributed by atoms with E-state index in [4.69, 9.17) is 9.40 Å². The monoisotopic (exact) mass is 401 g/mol. The molecule has 1 amide bonds. The van der Waals surface area contributed by atoms with Crippen molar-refractivity contribution < 1.29 is 9.21 Å². The van der Waals surface area contributed by atoms with Crippen molar-refractivity contribution in [2.75, 3.05) is 13.1 Å². The van der Waals surface area contributed by atoms with Crippen LogP contribution in [0.2, 0.25) is 0 Å². The van der Waals surface area contributed by atoms with Gasteiger partial charge < -0.3 is 9.32 Å². The number of hydrogen-bond acceptors (Lipinski definition) is 4. The van der Waals surface area contributed by atoms with Gasteiger partial charge in [0.15, 0.2) is 0 Å². The minimum Gasteiger partial charge on any atom is -0.444 e. The van der Waals surface area contributed by atoms with Crippen molar-refractivity contribution >= 4 is 5.91 Å². The molecule has 0 aliphatic carbocycles. The second kappa shape index (κ2) is 8.07. The lowest BCUT2D eigenvalue weighted by molar-refractivity contribution is -0.136. The van der Waals surface area contributed by atoms with Crippen molar-refractivity contribution in [1.29, 1.82) is 0 Å². The molecule has 30 heavy (non-hydrogen) atoms. The first kappa shape index (κ1) is 19.1. The van der Waals surface area contributed by atoms with E-state index in [0.29, 0.717) is 12.4 Å². The Bertz CT molecular complexity index is 1030. The van der Waals surface area contributed by atoms with Gasteiger partial charge in [0, 0.05) is 31.7 Å². The second-order valence-corrected chi connectivity index (χ2v) is 8.44. The summed E-state index contributed by atoms with van der Waals surface area (Å²) in [5.74, 6) is 0.883. The second-order valence-electron chi connectivity index (χ2n) is 8.44. The standard InChI is InChI=1S/C25H27N3O2/c1-18-8-10-19(11-9-18)24-26-22(17-30-24)16-28-15-21-7-3-2-6-20(21)14-23(28)25(29)27-12-4-5-13-27/h2-3,6-11,17,23H,4-5,12-16H2,1H3/t23-/m0/s1. The molecule has 1 fully saturated rings. The average molecular weight is 402 g/mol. The van der Waals surface area contributed by atoms with Gasteiger partial charge in [0.2, 0.25) is 11.8 Å². The third kappa shape index (κ3) is 3.77. The van der Waals surface area contributed by atoms with E-state index in [2.05, 4.69) is 48.2 Å². The fourth-order valence-corrected chi connectivity index (χ4v) is 4.55. The SMILES string of the molecule is Cc1ccc(-c2nc(CN3Cc4ccccc4C[C@H]3C(=O)N3CCCC3)co2)cc1. The Kier molecular flexibility index (Phi) is 5.13. The summed E-state index contributed by atoms with van der Waals surface area (Å²) < 4.78 is 5.76.